The largest absolute Gasteiger partial charge is 0.451 e. The summed E-state index contributed by atoms with van der Waals surface area (Å²) in [7, 11) is 0. The summed E-state index contributed by atoms with van der Waals surface area (Å²) in [6, 6.07) is 0. The number of Topliss-reactive ketones (excluding diaryl/α,β-unsaturated/α-hetero) is 1. The zero-order valence-corrected chi connectivity index (χ0v) is 17.1. The maximum absolute atomic E-state index is 12.7. The van der Waals surface area contributed by atoms with Crippen LogP contribution in [-0.4, -0.2) is 23.1 Å². The zero-order chi connectivity index (χ0) is 19.6. The van der Waals surface area contributed by atoms with Crippen LogP contribution in [0.25, 0.3) is 0 Å². The van der Waals surface area contributed by atoms with Gasteiger partial charge in [0.1, 0.15) is 0 Å². The van der Waals surface area contributed by atoms with Crippen molar-refractivity contribution in [1.82, 2.24) is 0 Å². The molecule has 0 amide bonds. The zero-order valence-electron chi connectivity index (χ0n) is 17.1. The minimum Gasteiger partial charge on any atom is -0.451 e. The van der Waals surface area contributed by atoms with Crippen molar-refractivity contribution >= 4 is 17.5 Å². The lowest BCUT2D eigenvalue weighted by atomic mass is 9.46. The molecule has 4 heteroatoms. The normalized spacial score (nSPS) is 46.0. The van der Waals surface area contributed by atoms with E-state index in [-0.39, 0.29) is 28.4 Å². The lowest BCUT2D eigenvalue weighted by molar-refractivity contribution is -0.187. The van der Waals surface area contributed by atoms with Gasteiger partial charge in [-0.2, -0.15) is 0 Å². The minimum absolute atomic E-state index is 0.00650. The van der Waals surface area contributed by atoms with Gasteiger partial charge in [0.05, 0.1) is 0 Å². The highest BCUT2D eigenvalue weighted by atomic mass is 16.6. The van der Waals surface area contributed by atoms with E-state index < -0.39 is 5.60 Å². The molecule has 4 aliphatic carbocycles. The van der Waals surface area contributed by atoms with Crippen LogP contribution in [-0.2, 0) is 19.1 Å². The molecule has 0 aromatic rings. The van der Waals surface area contributed by atoms with E-state index >= 15 is 0 Å². The van der Waals surface area contributed by atoms with Crippen LogP contribution in [0.5, 0.6) is 0 Å². The summed E-state index contributed by atoms with van der Waals surface area (Å²) in [5.74, 6) is 1.48. The van der Waals surface area contributed by atoms with Crippen molar-refractivity contribution in [2.45, 2.75) is 84.7 Å². The van der Waals surface area contributed by atoms with E-state index in [0.29, 0.717) is 30.6 Å². The molecule has 27 heavy (non-hydrogen) atoms. The summed E-state index contributed by atoms with van der Waals surface area (Å²) >= 11 is 0. The molecule has 0 radical (unpaired) electrons. The fraction of sp³-hybridized carbons (Fsp3) is 0.783. The molecule has 0 saturated heterocycles. The number of esters is 1. The molecule has 0 bridgehead atoms. The second kappa shape index (κ2) is 6.02. The van der Waals surface area contributed by atoms with Crippen LogP contribution in [0, 0.1) is 28.6 Å². The van der Waals surface area contributed by atoms with Crippen LogP contribution in [0.15, 0.2) is 11.6 Å². The van der Waals surface area contributed by atoms with Crippen molar-refractivity contribution in [3.8, 4) is 0 Å². The summed E-state index contributed by atoms with van der Waals surface area (Å²) in [6.45, 7) is 7.58. The van der Waals surface area contributed by atoms with E-state index in [0.717, 1.165) is 38.5 Å². The van der Waals surface area contributed by atoms with Crippen molar-refractivity contribution in [3.63, 3.8) is 0 Å². The number of fused-ring (bicyclic) bond motifs is 5. The molecule has 3 fully saturated rings. The standard InChI is InChI=1S/C23H32O4/c1-14(24)23(27-15(2)25)12-9-20-18-6-5-16-13-17(26)7-10-21(16,3)19(18)8-11-22(20,23)4/h13,18-20H,5-12H2,1-4H3/t18-,19-,20-,21+,22+,23+/m1/s1. The predicted molar refractivity (Wildman–Crippen MR) is 102 cm³/mol. The number of carbonyl (C=O) groups is 3. The first-order valence-electron chi connectivity index (χ1n) is 10.6. The lowest BCUT2D eigenvalue weighted by Gasteiger charge is -2.59. The van der Waals surface area contributed by atoms with Gasteiger partial charge in [-0.15, -0.1) is 0 Å². The van der Waals surface area contributed by atoms with Crippen LogP contribution in [0.2, 0.25) is 0 Å². The first-order chi connectivity index (χ1) is 12.6. The molecule has 3 saturated carbocycles. The van der Waals surface area contributed by atoms with Gasteiger partial charge < -0.3 is 4.74 Å². The van der Waals surface area contributed by atoms with E-state index in [1.807, 2.05) is 6.08 Å². The number of ether oxygens (including phenoxy) is 1. The van der Waals surface area contributed by atoms with Crippen LogP contribution >= 0.6 is 0 Å². The predicted octanol–water partition coefficient (Wildman–Crippen LogP) is 4.41. The second-order valence-corrected chi connectivity index (χ2v) is 9.94. The monoisotopic (exact) mass is 372 g/mol. The molecule has 4 nitrogen and oxygen atoms in total. The molecular weight excluding hydrogens is 340 g/mol. The van der Waals surface area contributed by atoms with Crippen LogP contribution in [0.1, 0.15) is 79.1 Å². The molecule has 6 atom stereocenters. The van der Waals surface area contributed by atoms with Gasteiger partial charge in [-0.3, -0.25) is 14.4 Å². The van der Waals surface area contributed by atoms with Crippen LogP contribution in [0.4, 0.5) is 0 Å². The molecule has 4 aliphatic rings. The molecule has 0 aliphatic heterocycles. The third-order valence-electron chi connectivity index (χ3n) is 8.97. The lowest BCUT2D eigenvalue weighted by Crippen LogP contribution is -2.58. The van der Waals surface area contributed by atoms with Gasteiger partial charge in [-0.1, -0.05) is 19.4 Å². The van der Waals surface area contributed by atoms with Crippen molar-refractivity contribution in [1.29, 1.82) is 0 Å². The summed E-state index contributed by atoms with van der Waals surface area (Å²) < 4.78 is 5.81. The molecule has 0 spiro atoms. The Morgan fingerprint density at radius 1 is 1.00 bits per heavy atom. The molecule has 0 unspecified atom stereocenters. The summed E-state index contributed by atoms with van der Waals surface area (Å²) in [4.78, 5) is 36.5. The van der Waals surface area contributed by atoms with E-state index in [9.17, 15) is 14.4 Å². The number of carbonyl (C=O) groups excluding carboxylic acids is 3. The van der Waals surface area contributed by atoms with E-state index in [2.05, 4.69) is 13.8 Å². The highest BCUT2D eigenvalue weighted by Crippen LogP contribution is 2.68. The van der Waals surface area contributed by atoms with Gasteiger partial charge >= 0.3 is 5.97 Å². The molecular formula is C23H32O4. The summed E-state index contributed by atoms with van der Waals surface area (Å²) in [5.41, 5.74) is 0.266. The Morgan fingerprint density at radius 2 is 1.70 bits per heavy atom. The molecule has 0 N–H and O–H groups in total. The van der Waals surface area contributed by atoms with Crippen LogP contribution in [0.3, 0.4) is 0 Å². The fourth-order valence-corrected chi connectivity index (χ4v) is 7.62. The van der Waals surface area contributed by atoms with Crippen molar-refractivity contribution in [3.05, 3.63) is 11.6 Å². The summed E-state index contributed by atoms with van der Waals surface area (Å²) in [5, 5.41) is 0. The second-order valence-electron chi connectivity index (χ2n) is 9.94. The van der Waals surface area contributed by atoms with Crippen molar-refractivity contribution in [2.24, 2.45) is 28.6 Å². The summed E-state index contributed by atoms with van der Waals surface area (Å²) in [6.07, 6.45) is 9.23. The van der Waals surface area contributed by atoms with Gasteiger partial charge in [-0.25, -0.2) is 0 Å². The Bertz CT molecular complexity index is 737. The highest BCUT2D eigenvalue weighted by Gasteiger charge is 2.67. The average molecular weight is 373 g/mol. The van der Waals surface area contributed by atoms with Gasteiger partial charge in [0.15, 0.2) is 17.2 Å². The Kier molecular flexibility index (Phi) is 4.21. The minimum atomic E-state index is -0.950. The smallest absolute Gasteiger partial charge is 0.303 e. The molecule has 4 rings (SSSR count). The number of rotatable bonds is 2. The average Bonchev–Trinajstić information content (AvgIpc) is 2.89. The Hall–Kier alpha value is -1.45. The topological polar surface area (TPSA) is 60.4 Å². The third-order valence-corrected chi connectivity index (χ3v) is 8.97. The number of ketones is 2. The van der Waals surface area contributed by atoms with Gasteiger partial charge in [0.25, 0.3) is 0 Å². The highest BCUT2D eigenvalue weighted by molar-refractivity contribution is 5.91. The Labute approximate surface area is 162 Å². The van der Waals surface area contributed by atoms with Crippen LogP contribution < -0.4 is 0 Å². The number of hydrogen-bond donors (Lipinski definition) is 0. The van der Waals surface area contributed by atoms with E-state index in [1.54, 1.807) is 6.92 Å². The maximum atomic E-state index is 12.7. The van der Waals surface area contributed by atoms with Crippen molar-refractivity contribution < 1.29 is 19.1 Å². The molecule has 0 aromatic carbocycles. The Morgan fingerprint density at radius 3 is 2.37 bits per heavy atom. The first kappa shape index (κ1) is 18.9. The fourth-order valence-electron chi connectivity index (χ4n) is 7.62. The SMILES string of the molecule is CC(=O)O[C@]1(C(C)=O)CC[C@@H]2[C@@H]3CCC4=CC(=O)CC[C@]4(C)[C@@H]3CC[C@@]21C. The van der Waals surface area contributed by atoms with E-state index in [1.165, 1.54) is 12.5 Å². The molecule has 0 aromatic heterocycles. The Balaban J connectivity index is 1.70. The number of hydrogen-bond acceptors (Lipinski definition) is 4. The van der Waals surface area contributed by atoms with Gasteiger partial charge in [-0.05, 0) is 81.1 Å². The first-order valence-corrected chi connectivity index (χ1v) is 10.6. The quantitative estimate of drug-likeness (QED) is 0.674. The third kappa shape index (κ3) is 2.44. The maximum Gasteiger partial charge on any atom is 0.303 e. The van der Waals surface area contributed by atoms with E-state index in [4.69, 9.17) is 4.74 Å². The molecule has 0 heterocycles. The molecule has 148 valence electrons. The van der Waals surface area contributed by atoms with Gasteiger partial charge in [0, 0.05) is 18.8 Å². The van der Waals surface area contributed by atoms with Gasteiger partial charge in [0.2, 0.25) is 0 Å². The number of allylic oxidation sites excluding steroid dienone is 1. The van der Waals surface area contributed by atoms with Crippen molar-refractivity contribution in [2.75, 3.05) is 0 Å².